The second-order valence-corrected chi connectivity index (χ2v) is 4.42. The van der Waals surface area contributed by atoms with Crippen molar-refractivity contribution < 1.29 is 9.72 Å². The van der Waals surface area contributed by atoms with Crippen LogP contribution in [0, 0.1) is 17.0 Å². The quantitative estimate of drug-likeness (QED) is 0.532. The molecule has 0 aliphatic carbocycles. The van der Waals surface area contributed by atoms with E-state index in [1.54, 1.807) is 0 Å². The van der Waals surface area contributed by atoms with Gasteiger partial charge in [0.1, 0.15) is 0 Å². The van der Waals surface area contributed by atoms with Gasteiger partial charge in [-0.2, -0.15) is 5.10 Å². The van der Waals surface area contributed by atoms with E-state index in [1.165, 1.54) is 30.5 Å². The van der Waals surface area contributed by atoms with E-state index in [4.69, 9.17) is 0 Å². The standard InChI is InChI=1S/C15H13N3O3/c1-11-5-7-12(8-6-11)10-16-17-15(19)13-3-2-4-14(9-13)18(20)21/h2-10H,1H3,(H,17,19)/b16-10+. The summed E-state index contributed by atoms with van der Waals surface area (Å²) in [6.07, 6.45) is 1.51. The lowest BCUT2D eigenvalue weighted by molar-refractivity contribution is -0.384. The minimum atomic E-state index is -0.549. The van der Waals surface area contributed by atoms with Gasteiger partial charge < -0.3 is 0 Å². The number of aryl methyl sites for hydroxylation is 1. The molecule has 0 aliphatic heterocycles. The smallest absolute Gasteiger partial charge is 0.267 e. The van der Waals surface area contributed by atoms with Crippen molar-refractivity contribution in [2.75, 3.05) is 0 Å². The van der Waals surface area contributed by atoms with E-state index >= 15 is 0 Å². The van der Waals surface area contributed by atoms with Gasteiger partial charge in [-0.1, -0.05) is 35.9 Å². The van der Waals surface area contributed by atoms with Gasteiger partial charge in [-0.3, -0.25) is 14.9 Å². The molecule has 6 heteroatoms. The molecule has 1 N–H and O–H groups in total. The molecule has 0 saturated carbocycles. The minimum absolute atomic E-state index is 0.134. The van der Waals surface area contributed by atoms with Crippen molar-refractivity contribution in [1.29, 1.82) is 0 Å². The first-order valence-electron chi connectivity index (χ1n) is 6.21. The van der Waals surface area contributed by atoms with Gasteiger partial charge in [-0.15, -0.1) is 0 Å². The Hall–Kier alpha value is -3.02. The number of rotatable bonds is 4. The van der Waals surface area contributed by atoms with Crippen molar-refractivity contribution in [3.8, 4) is 0 Å². The zero-order valence-electron chi connectivity index (χ0n) is 11.3. The molecule has 0 aliphatic rings. The van der Waals surface area contributed by atoms with Crippen LogP contribution in [-0.4, -0.2) is 17.0 Å². The van der Waals surface area contributed by atoms with Crippen LogP contribution in [0.4, 0.5) is 5.69 Å². The summed E-state index contributed by atoms with van der Waals surface area (Å²) in [6, 6.07) is 13.1. The Morgan fingerprint density at radius 3 is 2.62 bits per heavy atom. The predicted molar refractivity (Wildman–Crippen MR) is 79.3 cm³/mol. The van der Waals surface area contributed by atoms with E-state index in [9.17, 15) is 14.9 Å². The van der Waals surface area contributed by atoms with E-state index in [1.807, 2.05) is 31.2 Å². The average Bonchev–Trinajstić information content (AvgIpc) is 2.49. The van der Waals surface area contributed by atoms with Crippen LogP contribution in [0.3, 0.4) is 0 Å². The second kappa shape index (κ2) is 6.42. The SMILES string of the molecule is Cc1ccc(/C=N/NC(=O)c2cccc([N+](=O)[O-])c2)cc1. The van der Waals surface area contributed by atoms with Gasteiger partial charge in [-0.05, 0) is 18.6 Å². The summed E-state index contributed by atoms with van der Waals surface area (Å²) in [5, 5.41) is 14.5. The number of nitrogens with one attached hydrogen (secondary N) is 1. The van der Waals surface area contributed by atoms with Crippen LogP contribution in [0.1, 0.15) is 21.5 Å². The Kier molecular flexibility index (Phi) is 4.40. The predicted octanol–water partition coefficient (Wildman–Crippen LogP) is 2.67. The fraction of sp³-hybridized carbons (Fsp3) is 0.0667. The molecule has 0 unspecified atom stereocenters. The molecule has 0 atom stereocenters. The fourth-order valence-electron chi connectivity index (χ4n) is 1.64. The van der Waals surface area contributed by atoms with Crippen molar-refractivity contribution in [2.24, 2.45) is 5.10 Å². The maximum Gasteiger partial charge on any atom is 0.271 e. The first-order valence-corrected chi connectivity index (χ1v) is 6.21. The number of nitro benzene ring substituents is 1. The van der Waals surface area contributed by atoms with Crippen LogP contribution in [0.2, 0.25) is 0 Å². The largest absolute Gasteiger partial charge is 0.271 e. The van der Waals surface area contributed by atoms with E-state index in [2.05, 4.69) is 10.5 Å². The van der Waals surface area contributed by atoms with Crippen molar-refractivity contribution in [1.82, 2.24) is 5.43 Å². The third-order valence-electron chi connectivity index (χ3n) is 2.78. The van der Waals surface area contributed by atoms with Crippen LogP contribution < -0.4 is 5.43 Å². The zero-order valence-corrected chi connectivity index (χ0v) is 11.3. The number of hydrazone groups is 1. The van der Waals surface area contributed by atoms with Gasteiger partial charge in [0, 0.05) is 17.7 Å². The number of carbonyl (C=O) groups is 1. The van der Waals surface area contributed by atoms with Gasteiger partial charge in [0.05, 0.1) is 11.1 Å². The third-order valence-corrected chi connectivity index (χ3v) is 2.78. The highest BCUT2D eigenvalue weighted by molar-refractivity contribution is 5.95. The third kappa shape index (κ3) is 3.97. The van der Waals surface area contributed by atoms with Gasteiger partial charge in [-0.25, -0.2) is 5.43 Å². The minimum Gasteiger partial charge on any atom is -0.267 e. The summed E-state index contributed by atoms with van der Waals surface area (Å²) in [6.45, 7) is 1.98. The van der Waals surface area contributed by atoms with E-state index < -0.39 is 10.8 Å². The van der Waals surface area contributed by atoms with Crippen molar-refractivity contribution in [2.45, 2.75) is 6.92 Å². The number of hydrogen-bond acceptors (Lipinski definition) is 4. The molecule has 2 rings (SSSR count). The lowest BCUT2D eigenvalue weighted by Gasteiger charge is -2.00. The molecule has 21 heavy (non-hydrogen) atoms. The normalized spacial score (nSPS) is 10.5. The number of benzene rings is 2. The molecule has 0 bridgehead atoms. The number of hydrogen-bond donors (Lipinski definition) is 1. The highest BCUT2D eigenvalue weighted by Crippen LogP contribution is 2.12. The van der Waals surface area contributed by atoms with Crippen LogP contribution in [0.25, 0.3) is 0 Å². The van der Waals surface area contributed by atoms with Crippen LogP contribution >= 0.6 is 0 Å². The Morgan fingerprint density at radius 1 is 1.24 bits per heavy atom. The molecule has 2 aromatic rings. The Bertz CT molecular complexity index is 694. The zero-order chi connectivity index (χ0) is 15.2. The molecule has 1 amide bonds. The lowest BCUT2D eigenvalue weighted by Crippen LogP contribution is -2.17. The van der Waals surface area contributed by atoms with Crippen molar-refractivity contribution in [3.63, 3.8) is 0 Å². The molecule has 0 radical (unpaired) electrons. The van der Waals surface area contributed by atoms with Crippen LogP contribution in [0.5, 0.6) is 0 Å². The number of nitro groups is 1. The van der Waals surface area contributed by atoms with E-state index in [0.29, 0.717) is 0 Å². The molecule has 2 aromatic carbocycles. The van der Waals surface area contributed by atoms with Gasteiger partial charge in [0.15, 0.2) is 0 Å². The van der Waals surface area contributed by atoms with Crippen LogP contribution in [0.15, 0.2) is 53.6 Å². The Morgan fingerprint density at radius 2 is 1.95 bits per heavy atom. The summed E-state index contributed by atoms with van der Waals surface area (Å²) in [7, 11) is 0. The Labute approximate surface area is 121 Å². The summed E-state index contributed by atoms with van der Waals surface area (Å²) in [5.74, 6) is -0.498. The second-order valence-electron chi connectivity index (χ2n) is 4.42. The van der Waals surface area contributed by atoms with Crippen molar-refractivity contribution >= 4 is 17.8 Å². The highest BCUT2D eigenvalue weighted by Gasteiger charge is 2.10. The number of nitrogens with zero attached hydrogens (tertiary/aromatic N) is 2. The molecule has 106 valence electrons. The Balaban J connectivity index is 2.03. The highest BCUT2D eigenvalue weighted by atomic mass is 16.6. The topological polar surface area (TPSA) is 84.6 Å². The average molecular weight is 283 g/mol. The van der Waals surface area contributed by atoms with E-state index in [-0.39, 0.29) is 11.3 Å². The van der Waals surface area contributed by atoms with Gasteiger partial charge >= 0.3 is 0 Å². The summed E-state index contributed by atoms with van der Waals surface area (Å²) >= 11 is 0. The summed E-state index contributed by atoms with van der Waals surface area (Å²) in [5.41, 5.74) is 4.37. The monoisotopic (exact) mass is 283 g/mol. The lowest BCUT2D eigenvalue weighted by atomic mass is 10.2. The molecule has 0 spiro atoms. The van der Waals surface area contributed by atoms with E-state index in [0.717, 1.165) is 11.1 Å². The maximum absolute atomic E-state index is 11.8. The molecular formula is C15H13N3O3. The summed E-state index contributed by atoms with van der Waals surface area (Å²) < 4.78 is 0. The molecule has 6 nitrogen and oxygen atoms in total. The van der Waals surface area contributed by atoms with Gasteiger partial charge in [0.25, 0.3) is 11.6 Å². The first kappa shape index (κ1) is 14.4. The fourth-order valence-corrected chi connectivity index (χ4v) is 1.64. The molecule has 0 aromatic heterocycles. The van der Waals surface area contributed by atoms with Crippen molar-refractivity contribution in [3.05, 3.63) is 75.3 Å². The summed E-state index contributed by atoms with van der Waals surface area (Å²) in [4.78, 5) is 21.9. The molecular weight excluding hydrogens is 270 g/mol. The van der Waals surface area contributed by atoms with Gasteiger partial charge in [0.2, 0.25) is 0 Å². The molecule has 0 fully saturated rings. The molecule has 0 heterocycles. The van der Waals surface area contributed by atoms with Crippen LogP contribution in [-0.2, 0) is 0 Å². The maximum atomic E-state index is 11.8. The first-order chi connectivity index (χ1) is 10.1. The number of amides is 1. The number of carbonyl (C=O) groups excluding carboxylic acids is 1. The molecule has 0 saturated heterocycles. The number of non-ortho nitro benzene ring substituents is 1.